The molecule has 6 heteroatoms. The Bertz CT molecular complexity index is 787. The monoisotopic (exact) mass is 381 g/mol. The Morgan fingerprint density at radius 2 is 2.04 bits per heavy atom. The normalized spacial score (nSPS) is 22.6. The Morgan fingerprint density at radius 1 is 1.26 bits per heavy atom. The fourth-order valence-electron chi connectivity index (χ4n) is 3.20. The fourth-order valence-corrected chi connectivity index (χ4v) is 4.65. The zero-order valence-corrected chi connectivity index (χ0v) is 16.9. The minimum Gasteiger partial charge on any atom is -0.388 e. The lowest BCUT2D eigenvalue weighted by atomic mass is 9.87. The Kier molecular flexibility index (Phi) is 6.16. The third-order valence-electron chi connectivity index (χ3n) is 4.84. The van der Waals surface area contributed by atoms with Crippen LogP contribution in [-0.4, -0.2) is 39.5 Å². The second-order valence-electron chi connectivity index (χ2n) is 7.16. The number of aromatic nitrogens is 1. The molecule has 1 aromatic heterocycles. The van der Waals surface area contributed by atoms with E-state index in [1.54, 1.807) is 6.20 Å². The number of amidine groups is 1. The minimum atomic E-state index is -0.330. The molecule has 0 bridgehead atoms. The third kappa shape index (κ3) is 4.50. The van der Waals surface area contributed by atoms with Gasteiger partial charge in [-0.15, -0.1) is 0 Å². The summed E-state index contributed by atoms with van der Waals surface area (Å²) >= 11 is 1.84. The molecule has 2 atom stereocenters. The van der Waals surface area contributed by atoms with Crippen LogP contribution in [0.1, 0.15) is 26.3 Å². The highest BCUT2D eigenvalue weighted by atomic mass is 32.2. The van der Waals surface area contributed by atoms with Crippen LogP contribution in [0.5, 0.6) is 0 Å². The molecule has 0 radical (unpaired) electrons. The van der Waals surface area contributed by atoms with Crippen molar-refractivity contribution in [1.29, 1.82) is 0 Å². The first-order valence-electron chi connectivity index (χ1n) is 9.19. The molecule has 27 heavy (non-hydrogen) atoms. The molecule has 0 spiro atoms. The smallest absolute Gasteiger partial charge is 0.114 e. The topological polar surface area (TPSA) is 66.9 Å². The van der Waals surface area contributed by atoms with E-state index in [-0.39, 0.29) is 10.9 Å². The maximum Gasteiger partial charge on any atom is 0.114 e. The summed E-state index contributed by atoms with van der Waals surface area (Å²) in [6.07, 6.45) is 5.69. The van der Waals surface area contributed by atoms with Crippen LogP contribution in [0.25, 0.3) is 0 Å². The largest absolute Gasteiger partial charge is 0.388 e. The molecule has 1 aliphatic heterocycles. The van der Waals surface area contributed by atoms with Crippen LogP contribution >= 0.6 is 11.8 Å². The molecule has 5 nitrogen and oxygen atoms in total. The zero-order chi connectivity index (χ0) is 19.3. The predicted octanol–water partition coefficient (Wildman–Crippen LogP) is 3.82. The summed E-state index contributed by atoms with van der Waals surface area (Å²) in [7, 11) is 0. The lowest BCUT2D eigenvalue weighted by molar-refractivity contribution is 0.249. The van der Waals surface area contributed by atoms with Crippen LogP contribution in [0.2, 0.25) is 0 Å². The summed E-state index contributed by atoms with van der Waals surface area (Å²) in [5.74, 6) is 0.913. The van der Waals surface area contributed by atoms with E-state index in [9.17, 15) is 0 Å². The molecule has 1 aliphatic rings. The van der Waals surface area contributed by atoms with E-state index in [2.05, 4.69) is 59.1 Å². The summed E-state index contributed by atoms with van der Waals surface area (Å²) in [4.78, 5) is 17.3. The predicted molar refractivity (Wildman–Crippen MR) is 114 cm³/mol. The Morgan fingerprint density at radius 3 is 2.67 bits per heavy atom. The molecule has 0 saturated carbocycles. The van der Waals surface area contributed by atoms with Crippen molar-refractivity contribution in [1.82, 2.24) is 9.88 Å². The van der Waals surface area contributed by atoms with E-state index >= 15 is 0 Å². The van der Waals surface area contributed by atoms with Gasteiger partial charge in [0.15, 0.2) is 0 Å². The average molecular weight is 382 g/mol. The van der Waals surface area contributed by atoms with Gasteiger partial charge >= 0.3 is 0 Å². The van der Waals surface area contributed by atoms with E-state index in [1.807, 2.05) is 43.4 Å². The van der Waals surface area contributed by atoms with Crippen LogP contribution in [-0.2, 0) is 6.54 Å². The van der Waals surface area contributed by atoms with Crippen molar-refractivity contribution in [2.45, 2.75) is 43.1 Å². The third-order valence-corrected chi connectivity index (χ3v) is 6.28. The molecule has 0 aliphatic carbocycles. The Hall–Kier alpha value is -2.34. The number of hydrogen-bond acceptors (Lipinski definition) is 5. The Balaban J connectivity index is 1.93. The number of nitrogens with two attached hydrogens (primary N) is 1. The summed E-state index contributed by atoms with van der Waals surface area (Å²) in [5.41, 5.74) is 6.69. The highest BCUT2D eigenvalue weighted by Gasteiger charge is 2.48. The molecule has 2 N–H and O–H groups in total. The van der Waals surface area contributed by atoms with Crippen LogP contribution < -0.4 is 5.73 Å². The van der Waals surface area contributed by atoms with Crippen LogP contribution in [0, 0.1) is 5.92 Å². The average Bonchev–Trinajstić information content (AvgIpc) is 3.00. The summed E-state index contributed by atoms with van der Waals surface area (Å²) < 4.78 is 0. The van der Waals surface area contributed by atoms with Gasteiger partial charge < -0.3 is 10.6 Å². The standard InChI is InChI=1S/C21H27N5S/c1-16(2)21(14-24-17(3)22)20(27-19-9-5-4-6-10-19)26(15-25-21)13-18-8-7-11-23-12-18/h4-12,15-16,20H,13-14H2,1-3H3,(H2,22,24). The molecular weight excluding hydrogens is 354 g/mol. The number of nitrogens with zero attached hydrogens (tertiary/aromatic N) is 4. The number of aliphatic imine (C=N–C) groups is 2. The molecule has 2 heterocycles. The number of hydrogen-bond donors (Lipinski definition) is 1. The second-order valence-corrected chi connectivity index (χ2v) is 8.32. The van der Waals surface area contributed by atoms with E-state index in [1.165, 1.54) is 10.5 Å². The zero-order valence-electron chi connectivity index (χ0n) is 16.1. The van der Waals surface area contributed by atoms with Gasteiger partial charge in [0.2, 0.25) is 0 Å². The van der Waals surface area contributed by atoms with Gasteiger partial charge in [-0.25, -0.2) is 0 Å². The van der Waals surface area contributed by atoms with Crippen molar-refractivity contribution in [3.63, 3.8) is 0 Å². The van der Waals surface area contributed by atoms with E-state index in [4.69, 9.17) is 10.7 Å². The molecule has 2 aromatic rings. The van der Waals surface area contributed by atoms with Gasteiger partial charge in [-0.3, -0.25) is 15.0 Å². The van der Waals surface area contributed by atoms with Crippen LogP contribution in [0.4, 0.5) is 0 Å². The molecule has 0 amide bonds. The van der Waals surface area contributed by atoms with Gasteiger partial charge in [-0.1, -0.05) is 49.9 Å². The van der Waals surface area contributed by atoms with Gasteiger partial charge in [0.1, 0.15) is 10.9 Å². The summed E-state index contributed by atoms with van der Waals surface area (Å²) in [6.45, 7) is 7.61. The van der Waals surface area contributed by atoms with Crippen molar-refractivity contribution < 1.29 is 0 Å². The molecule has 1 aromatic carbocycles. The summed E-state index contributed by atoms with van der Waals surface area (Å²) in [6, 6.07) is 14.6. The van der Waals surface area contributed by atoms with E-state index in [0.717, 1.165) is 6.54 Å². The quantitative estimate of drug-likeness (QED) is 0.585. The molecule has 142 valence electrons. The maximum atomic E-state index is 5.86. The highest BCUT2D eigenvalue weighted by Crippen LogP contribution is 2.43. The van der Waals surface area contributed by atoms with Gasteiger partial charge in [0, 0.05) is 23.8 Å². The first-order valence-corrected chi connectivity index (χ1v) is 10.1. The number of pyridine rings is 1. The maximum absolute atomic E-state index is 5.86. The lowest BCUT2D eigenvalue weighted by Gasteiger charge is -2.38. The number of rotatable bonds is 7. The molecular formula is C21H27N5S. The SMILES string of the molecule is CC(N)=NCC1(C(C)C)N=CN(Cc2cccnc2)C1Sc1ccccc1. The van der Waals surface area contributed by atoms with Crippen molar-refractivity contribution in [3.05, 3.63) is 60.4 Å². The van der Waals surface area contributed by atoms with Crippen molar-refractivity contribution >= 4 is 23.9 Å². The fraction of sp³-hybridized carbons (Fsp3) is 0.381. The van der Waals surface area contributed by atoms with Crippen molar-refractivity contribution in [2.75, 3.05) is 6.54 Å². The van der Waals surface area contributed by atoms with Crippen molar-refractivity contribution in [2.24, 2.45) is 21.6 Å². The van der Waals surface area contributed by atoms with Crippen LogP contribution in [0.15, 0.2) is 69.7 Å². The molecule has 3 rings (SSSR count). The van der Waals surface area contributed by atoms with E-state index in [0.29, 0.717) is 18.3 Å². The van der Waals surface area contributed by atoms with Crippen LogP contribution in [0.3, 0.4) is 0 Å². The highest BCUT2D eigenvalue weighted by molar-refractivity contribution is 8.00. The van der Waals surface area contributed by atoms with E-state index < -0.39 is 0 Å². The Labute approximate surface area is 165 Å². The first kappa shape index (κ1) is 19.4. The second kappa shape index (κ2) is 8.57. The minimum absolute atomic E-state index is 0.128. The van der Waals surface area contributed by atoms with Gasteiger partial charge in [0.25, 0.3) is 0 Å². The lowest BCUT2D eigenvalue weighted by Crippen LogP contribution is -2.49. The first-order chi connectivity index (χ1) is 13.0. The number of benzene rings is 1. The van der Waals surface area contributed by atoms with Crippen molar-refractivity contribution in [3.8, 4) is 0 Å². The molecule has 2 unspecified atom stereocenters. The van der Waals surface area contributed by atoms with Gasteiger partial charge in [-0.2, -0.15) is 0 Å². The van der Waals surface area contributed by atoms with Gasteiger partial charge in [-0.05, 0) is 36.6 Å². The molecule has 0 fully saturated rings. The number of thioether (sulfide) groups is 1. The van der Waals surface area contributed by atoms with Gasteiger partial charge in [0.05, 0.1) is 18.7 Å². The summed E-state index contributed by atoms with van der Waals surface area (Å²) in [5, 5.41) is 0.128. The molecule has 0 saturated heterocycles.